The summed E-state index contributed by atoms with van der Waals surface area (Å²) in [5.74, 6) is 0.900. The second-order valence-electron chi connectivity index (χ2n) is 3.37. The van der Waals surface area contributed by atoms with Crippen LogP contribution in [0.4, 0.5) is 0 Å². The van der Waals surface area contributed by atoms with Gasteiger partial charge in [-0.1, -0.05) is 18.2 Å². The first kappa shape index (κ1) is 5.28. The molecule has 1 fully saturated rings. The van der Waals surface area contributed by atoms with Crippen LogP contribution < -0.4 is 0 Å². The molecule has 3 rings (SSSR count). The van der Waals surface area contributed by atoms with Crippen molar-refractivity contribution >= 4 is 0 Å². The third-order valence-corrected chi connectivity index (χ3v) is 2.70. The van der Waals surface area contributed by atoms with Gasteiger partial charge in [0.25, 0.3) is 0 Å². The summed E-state index contributed by atoms with van der Waals surface area (Å²) in [6.45, 7) is 3.86. The van der Waals surface area contributed by atoms with Crippen molar-refractivity contribution < 1.29 is 0 Å². The smallest absolute Gasteiger partial charge is 0.00753 e. The van der Waals surface area contributed by atoms with Crippen molar-refractivity contribution in [2.45, 2.75) is 19.3 Å². The van der Waals surface area contributed by atoms with E-state index in [0.717, 1.165) is 5.92 Å². The van der Waals surface area contributed by atoms with E-state index in [1.807, 2.05) is 0 Å². The Bertz CT molecular complexity index is 159. The molecule has 0 aromatic carbocycles. The molecule has 3 aliphatic rings. The monoisotopic (exact) mass is 120 g/mol. The summed E-state index contributed by atoms with van der Waals surface area (Å²) in [4.78, 5) is 0. The minimum Gasteiger partial charge on any atom is -0.103 e. The molecule has 48 valence electrons. The highest BCUT2D eigenvalue weighted by Gasteiger charge is 2.41. The fourth-order valence-corrected chi connectivity index (χ4v) is 2.03. The minimum absolute atomic E-state index is 0.541. The topological polar surface area (TPSA) is 0 Å². The molecule has 0 aromatic rings. The quantitative estimate of drug-likeness (QED) is 0.466. The van der Waals surface area contributed by atoms with Crippen LogP contribution in [0.5, 0.6) is 0 Å². The first-order valence-electron chi connectivity index (χ1n) is 3.65. The van der Waals surface area contributed by atoms with E-state index in [1.54, 1.807) is 0 Å². The van der Waals surface area contributed by atoms with Crippen molar-refractivity contribution in [2.75, 3.05) is 0 Å². The summed E-state index contributed by atoms with van der Waals surface area (Å²) >= 11 is 0. The highest BCUT2D eigenvalue weighted by Crippen LogP contribution is 2.53. The Morgan fingerprint density at radius 3 is 2.67 bits per heavy atom. The number of allylic oxidation sites excluding steroid dienone is 3. The summed E-state index contributed by atoms with van der Waals surface area (Å²) in [5, 5.41) is 0. The molecule has 0 amide bonds. The molecule has 3 aliphatic carbocycles. The van der Waals surface area contributed by atoms with Crippen LogP contribution in [0.2, 0.25) is 0 Å². The Balaban J connectivity index is 2.22. The molecule has 0 unspecified atom stereocenters. The molecular formula is C9H12. The molecule has 0 N–H and O–H groups in total. The lowest BCUT2D eigenvalue weighted by molar-refractivity contribution is 0.132. The lowest BCUT2D eigenvalue weighted by atomic mass is 9.57. The van der Waals surface area contributed by atoms with Gasteiger partial charge in [0.15, 0.2) is 0 Å². The summed E-state index contributed by atoms with van der Waals surface area (Å²) in [7, 11) is 0. The molecule has 0 atom stereocenters. The van der Waals surface area contributed by atoms with Crippen LogP contribution in [0, 0.1) is 11.3 Å². The Morgan fingerprint density at radius 1 is 1.56 bits per heavy atom. The molecule has 0 spiro atoms. The predicted octanol–water partition coefficient (Wildman–Crippen LogP) is 2.53. The maximum atomic E-state index is 3.86. The summed E-state index contributed by atoms with van der Waals surface area (Å²) in [5.41, 5.74) is 0.541. The summed E-state index contributed by atoms with van der Waals surface area (Å²) in [6, 6.07) is 0. The second kappa shape index (κ2) is 1.50. The highest BCUT2D eigenvalue weighted by atomic mass is 14.5. The van der Waals surface area contributed by atoms with Crippen molar-refractivity contribution in [1.82, 2.24) is 0 Å². The van der Waals surface area contributed by atoms with E-state index in [9.17, 15) is 0 Å². The van der Waals surface area contributed by atoms with Crippen LogP contribution in [0.25, 0.3) is 0 Å². The zero-order valence-electron chi connectivity index (χ0n) is 5.64. The zero-order valence-corrected chi connectivity index (χ0v) is 5.64. The third-order valence-electron chi connectivity index (χ3n) is 2.70. The van der Waals surface area contributed by atoms with Gasteiger partial charge < -0.3 is 0 Å². The molecule has 0 heteroatoms. The molecule has 9 heavy (non-hydrogen) atoms. The van der Waals surface area contributed by atoms with Gasteiger partial charge in [-0.2, -0.15) is 0 Å². The van der Waals surface area contributed by atoms with E-state index in [2.05, 4.69) is 24.8 Å². The predicted molar refractivity (Wildman–Crippen MR) is 39.1 cm³/mol. The van der Waals surface area contributed by atoms with Crippen LogP contribution in [0.1, 0.15) is 19.3 Å². The van der Waals surface area contributed by atoms with Crippen LogP contribution in [0.15, 0.2) is 24.8 Å². The highest BCUT2D eigenvalue weighted by molar-refractivity contribution is 5.17. The number of fused-ring (bicyclic) bond motifs is 1. The van der Waals surface area contributed by atoms with Crippen molar-refractivity contribution in [3.63, 3.8) is 0 Å². The first-order chi connectivity index (χ1) is 4.35. The largest absolute Gasteiger partial charge is 0.103 e. The van der Waals surface area contributed by atoms with Gasteiger partial charge >= 0.3 is 0 Å². The van der Waals surface area contributed by atoms with Gasteiger partial charge in [-0.05, 0) is 30.6 Å². The van der Waals surface area contributed by atoms with Crippen molar-refractivity contribution in [3.8, 4) is 0 Å². The maximum Gasteiger partial charge on any atom is -0.00753 e. The fraction of sp³-hybridized carbons (Fsp3) is 0.556. The van der Waals surface area contributed by atoms with Gasteiger partial charge in [0.1, 0.15) is 0 Å². The molecule has 2 bridgehead atoms. The van der Waals surface area contributed by atoms with Crippen LogP contribution >= 0.6 is 0 Å². The summed E-state index contributed by atoms with van der Waals surface area (Å²) < 4.78 is 0. The van der Waals surface area contributed by atoms with Crippen LogP contribution in [0.3, 0.4) is 0 Å². The standard InChI is InChI=1S/C9H12/c1-2-9-5-3-4-8(6-9)7-9/h2-4,8H,1,5-7H2. The van der Waals surface area contributed by atoms with E-state index in [-0.39, 0.29) is 0 Å². The molecule has 1 saturated carbocycles. The van der Waals surface area contributed by atoms with Gasteiger partial charge in [-0.25, -0.2) is 0 Å². The second-order valence-corrected chi connectivity index (χ2v) is 3.37. The molecule has 0 nitrogen and oxygen atoms in total. The van der Waals surface area contributed by atoms with Crippen molar-refractivity contribution in [1.29, 1.82) is 0 Å². The average Bonchev–Trinajstić information content (AvgIpc) is 1.88. The zero-order chi connectivity index (χ0) is 6.32. The number of rotatable bonds is 1. The van der Waals surface area contributed by atoms with Crippen LogP contribution in [-0.4, -0.2) is 0 Å². The first-order valence-corrected chi connectivity index (χ1v) is 3.65. The van der Waals surface area contributed by atoms with Gasteiger partial charge in [0, 0.05) is 0 Å². The molecule has 0 saturated heterocycles. The Labute approximate surface area is 56.3 Å². The Hall–Kier alpha value is -0.520. The van der Waals surface area contributed by atoms with Crippen LogP contribution in [-0.2, 0) is 0 Å². The summed E-state index contributed by atoms with van der Waals surface area (Å²) in [6.07, 6.45) is 10.8. The van der Waals surface area contributed by atoms with Gasteiger partial charge in [-0.3, -0.25) is 0 Å². The lowest BCUT2D eigenvalue weighted by Gasteiger charge is -2.47. The minimum atomic E-state index is 0.541. The normalized spacial score (nSPS) is 46.0. The molecule has 0 aliphatic heterocycles. The van der Waals surface area contributed by atoms with E-state index < -0.39 is 0 Å². The van der Waals surface area contributed by atoms with Crippen molar-refractivity contribution in [2.24, 2.45) is 11.3 Å². The molecular weight excluding hydrogens is 108 g/mol. The Morgan fingerprint density at radius 2 is 2.33 bits per heavy atom. The third kappa shape index (κ3) is 0.592. The maximum absolute atomic E-state index is 3.86. The molecule has 0 heterocycles. The number of hydrogen-bond donors (Lipinski definition) is 0. The van der Waals surface area contributed by atoms with Gasteiger partial charge in [0.05, 0.1) is 0 Å². The SMILES string of the molecule is C=CC12CC=CC(C1)C2. The van der Waals surface area contributed by atoms with E-state index in [1.165, 1.54) is 19.3 Å². The van der Waals surface area contributed by atoms with Gasteiger partial charge in [0.2, 0.25) is 0 Å². The fourth-order valence-electron chi connectivity index (χ4n) is 2.03. The Kier molecular flexibility index (Phi) is 0.879. The van der Waals surface area contributed by atoms with Crippen molar-refractivity contribution in [3.05, 3.63) is 24.8 Å². The van der Waals surface area contributed by atoms with E-state index >= 15 is 0 Å². The number of hydrogen-bond acceptors (Lipinski definition) is 0. The molecule has 0 radical (unpaired) electrons. The van der Waals surface area contributed by atoms with E-state index in [4.69, 9.17) is 0 Å². The van der Waals surface area contributed by atoms with Gasteiger partial charge in [-0.15, -0.1) is 6.58 Å². The van der Waals surface area contributed by atoms with E-state index in [0.29, 0.717) is 5.41 Å². The lowest BCUT2D eigenvalue weighted by Crippen LogP contribution is -2.36. The average molecular weight is 120 g/mol. The molecule has 0 aromatic heterocycles.